The first-order chi connectivity index (χ1) is 22.1. The molecule has 254 valence electrons. The molecule has 8 heteroatoms. The zero-order valence-corrected chi connectivity index (χ0v) is 30.6. The van der Waals surface area contributed by atoms with E-state index < -0.39 is 10.8 Å². The van der Waals surface area contributed by atoms with Crippen molar-refractivity contribution < 1.29 is 9.59 Å². The van der Waals surface area contributed by atoms with Gasteiger partial charge in [-0.15, -0.1) is 0 Å². The third-order valence-corrected chi connectivity index (χ3v) is 8.77. The normalized spacial score (nSPS) is 14.2. The second-order valence-corrected chi connectivity index (χ2v) is 17.4. The van der Waals surface area contributed by atoms with Crippen LogP contribution in [0.15, 0.2) is 60.8 Å². The van der Waals surface area contributed by atoms with Crippen LogP contribution in [0.25, 0.3) is 44.2 Å². The summed E-state index contributed by atoms with van der Waals surface area (Å²) in [6.07, 6.45) is 1.85. The molecule has 0 saturated heterocycles. The van der Waals surface area contributed by atoms with Crippen molar-refractivity contribution >= 4 is 33.6 Å². The molecule has 5 aromatic rings. The lowest BCUT2D eigenvalue weighted by atomic mass is 9.85. The number of aromatic nitrogens is 4. The molecular formula is C40H52N6O2. The van der Waals surface area contributed by atoms with Crippen LogP contribution >= 0.6 is 0 Å². The molecule has 0 saturated carbocycles. The van der Waals surface area contributed by atoms with Crippen molar-refractivity contribution in [1.29, 1.82) is 0 Å². The van der Waals surface area contributed by atoms with Gasteiger partial charge >= 0.3 is 0 Å². The third-order valence-electron chi connectivity index (χ3n) is 8.77. The molecule has 0 radical (unpaired) electrons. The Morgan fingerprint density at radius 2 is 1.08 bits per heavy atom. The van der Waals surface area contributed by atoms with Crippen molar-refractivity contribution in [3.8, 4) is 22.4 Å². The van der Waals surface area contributed by atoms with Gasteiger partial charge in [0.15, 0.2) is 0 Å². The molecule has 2 heterocycles. The molecule has 0 aliphatic heterocycles. The monoisotopic (exact) mass is 648 g/mol. The van der Waals surface area contributed by atoms with Gasteiger partial charge in [-0.05, 0) is 57.0 Å². The Kier molecular flexibility index (Phi) is 8.87. The van der Waals surface area contributed by atoms with Gasteiger partial charge in [0.05, 0.1) is 35.0 Å². The molecule has 2 amide bonds. The molecule has 0 aliphatic rings. The van der Waals surface area contributed by atoms with Crippen LogP contribution in [0.2, 0.25) is 0 Å². The highest BCUT2D eigenvalue weighted by atomic mass is 16.2. The highest BCUT2D eigenvalue weighted by molar-refractivity contribution is 5.92. The summed E-state index contributed by atoms with van der Waals surface area (Å²) in [5.41, 5.74) is 4.46. The van der Waals surface area contributed by atoms with Gasteiger partial charge in [0.1, 0.15) is 11.6 Å². The highest BCUT2D eigenvalue weighted by Crippen LogP contribution is 2.36. The number of hydrogen-bond acceptors (Lipinski definition) is 4. The maximum Gasteiger partial charge on any atom is 0.225 e. The summed E-state index contributed by atoms with van der Waals surface area (Å²) in [6, 6.07) is 18.6. The fourth-order valence-electron chi connectivity index (χ4n) is 5.65. The van der Waals surface area contributed by atoms with Gasteiger partial charge in [-0.25, -0.2) is 9.97 Å². The number of benzene rings is 3. The molecule has 0 aliphatic carbocycles. The van der Waals surface area contributed by atoms with Crippen molar-refractivity contribution in [3.05, 3.63) is 72.4 Å². The van der Waals surface area contributed by atoms with E-state index in [9.17, 15) is 9.59 Å². The lowest BCUT2D eigenvalue weighted by Gasteiger charge is -2.32. The molecule has 0 bridgehead atoms. The van der Waals surface area contributed by atoms with Crippen LogP contribution in [0, 0.1) is 21.7 Å². The van der Waals surface area contributed by atoms with Gasteiger partial charge in [0, 0.05) is 16.4 Å². The molecule has 8 nitrogen and oxygen atoms in total. The van der Waals surface area contributed by atoms with Crippen LogP contribution in [0.4, 0.5) is 0 Å². The number of hydrogen-bond donors (Lipinski definition) is 4. The van der Waals surface area contributed by atoms with Gasteiger partial charge in [0.25, 0.3) is 0 Å². The first kappa shape index (κ1) is 34.9. The molecule has 48 heavy (non-hydrogen) atoms. The van der Waals surface area contributed by atoms with Crippen molar-refractivity contribution in [2.75, 3.05) is 0 Å². The Morgan fingerprint density at radius 1 is 0.604 bits per heavy atom. The Bertz CT molecular complexity index is 1970. The molecule has 2 aromatic heterocycles. The molecule has 0 spiro atoms. The number of fused-ring (bicyclic) bond motifs is 2. The maximum absolute atomic E-state index is 12.9. The van der Waals surface area contributed by atoms with Gasteiger partial charge < -0.3 is 20.6 Å². The van der Waals surface area contributed by atoms with Crippen molar-refractivity contribution in [3.63, 3.8) is 0 Å². The first-order valence-electron chi connectivity index (χ1n) is 16.8. The van der Waals surface area contributed by atoms with Gasteiger partial charge in [0.2, 0.25) is 11.8 Å². The molecule has 4 N–H and O–H groups in total. The van der Waals surface area contributed by atoms with Crippen molar-refractivity contribution in [1.82, 2.24) is 30.6 Å². The number of nitrogens with zero attached hydrogens (tertiary/aromatic N) is 2. The summed E-state index contributed by atoms with van der Waals surface area (Å²) in [7, 11) is 0. The van der Waals surface area contributed by atoms with Crippen LogP contribution < -0.4 is 10.6 Å². The number of carbonyl (C=O) groups is 2. The summed E-state index contributed by atoms with van der Waals surface area (Å²) in [5, 5.41) is 8.69. The quantitative estimate of drug-likeness (QED) is 0.147. The molecule has 2 atom stereocenters. The topological polar surface area (TPSA) is 116 Å². The van der Waals surface area contributed by atoms with Gasteiger partial charge in [-0.2, -0.15) is 0 Å². The second-order valence-electron chi connectivity index (χ2n) is 17.4. The number of H-pyrrole nitrogens is 2. The van der Waals surface area contributed by atoms with E-state index in [-0.39, 0.29) is 34.7 Å². The van der Waals surface area contributed by atoms with Crippen molar-refractivity contribution in [2.24, 2.45) is 21.7 Å². The lowest BCUT2D eigenvalue weighted by Crippen LogP contribution is -2.42. The van der Waals surface area contributed by atoms with E-state index in [1.54, 1.807) is 0 Å². The number of rotatable bonds is 6. The summed E-state index contributed by atoms with van der Waals surface area (Å²) in [5.74, 6) is 1.49. The van der Waals surface area contributed by atoms with Crippen LogP contribution in [-0.4, -0.2) is 31.8 Å². The summed E-state index contributed by atoms with van der Waals surface area (Å²) in [6.45, 7) is 24.2. The molecule has 0 unspecified atom stereocenters. The minimum atomic E-state index is -0.499. The van der Waals surface area contributed by atoms with Crippen LogP contribution in [0.3, 0.4) is 0 Å². The Balaban J connectivity index is 1.41. The van der Waals surface area contributed by atoms with Crippen molar-refractivity contribution in [2.45, 2.75) is 95.2 Å². The number of aromatic amines is 2. The van der Waals surface area contributed by atoms with E-state index in [4.69, 9.17) is 9.97 Å². The zero-order valence-electron chi connectivity index (χ0n) is 30.6. The summed E-state index contributed by atoms with van der Waals surface area (Å²) >= 11 is 0. The third kappa shape index (κ3) is 7.48. The highest BCUT2D eigenvalue weighted by Gasteiger charge is 2.35. The molecule has 5 rings (SSSR count). The summed E-state index contributed by atoms with van der Waals surface area (Å²) in [4.78, 5) is 42.4. The largest absolute Gasteiger partial charge is 0.345 e. The fourth-order valence-corrected chi connectivity index (χ4v) is 5.65. The van der Waals surface area contributed by atoms with E-state index in [1.165, 1.54) is 0 Å². The van der Waals surface area contributed by atoms with Gasteiger partial charge in [-0.3, -0.25) is 9.59 Å². The Hall–Kier alpha value is -4.46. The Morgan fingerprint density at radius 3 is 1.62 bits per heavy atom. The van der Waals surface area contributed by atoms with E-state index in [1.807, 2.05) is 53.8 Å². The average Bonchev–Trinajstić information content (AvgIpc) is 3.62. The van der Waals surface area contributed by atoms with Crippen LogP contribution in [0.5, 0.6) is 0 Å². The van der Waals surface area contributed by atoms with Crippen LogP contribution in [0.1, 0.15) is 107 Å². The summed E-state index contributed by atoms with van der Waals surface area (Å²) < 4.78 is 0. The van der Waals surface area contributed by atoms with Gasteiger partial charge in [-0.1, -0.05) is 113 Å². The number of imidazole rings is 2. The number of carbonyl (C=O) groups excluding carboxylic acids is 2. The molecule has 3 aromatic carbocycles. The molecular weight excluding hydrogens is 596 g/mol. The minimum absolute atomic E-state index is 0.00504. The van der Waals surface area contributed by atoms with E-state index in [2.05, 4.69) is 111 Å². The zero-order chi connectivity index (χ0) is 35.4. The van der Waals surface area contributed by atoms with Crippen LogP contribution in [-0.2, 0) is 9.59 Å². The maximum atomic E-state index is 12.9. The standard InChI is InChI=1S/C40H52N6O2/c1-37(2,3)31(45-35(47)39(7,8)9)33-41-22-30(44-33)27-16-15-23-19-24(13-14-25(23)20-27)26-17-18-28-29(21-26)43-34(42-28)32(38(4,5)6)46-36(48)40(10,11)12/h13-22,31-32H,1-12H3,(H,41,44)(H,42,43)(H,45,47)(H,46,48)/t31-,32-/m1/s1. The predicted octanol–water partition coefficient (Wildman–Crippen LogP) is 9.27. The van der Waals surface area contributed by atoms with E-state index in [0.717, 1.165) is 55.8 Å². The number of nitrogens with one attached hydrogen (secondary N) is 4. The number of amides is 2. The predicted molar refractivity (Wildman–Crippen MR) is 196 cm³/mol. The SMILES string of the molecule is CC(C)(C)C(=O)N[C@H](c1ncc(-c2ccc3cc(-c4ccc5nc([C@@H](NC(=O)C(C)(C)C)C(C)(C)C)[nH]c5c4)ccc3c2)[nH]1)C(C)(C)C. The smallest absolute Gasteiger partial charge is 0.225 e. The minimum Gasteiger partial charge on any atom is -0.345 e. The first-order valence-corrected chi connectivity index (χ1v) is 16.8. The fraction of sp³-hybridized carbons (Fsp3) is 0.450. The Labute approximate surface area is 284 Å². The average molecular weight is 649 g/mol. The van der Waals surface area contributed by atoms with E-state index >= 15 is 0 Å². The molecule has 0 fully saturated rings. The van der Waals surface area contributed by atoms with E-state index in [0.29, 0.717) is 0 Å². The lowest BCUT2D eigenvalue weighted by molar-refractivity contribution is -0.130. The second kappa shape index (κ2) is 12.2.